The molecule has 0 nitrogen and oxygen atoms in total. The van der Waals surface area contributed by atoms with Crippen LogP contribution in [0, 0.1) is 12.1 Å². The summed E-state index contributed by atoms with van der Waals surface area (Å²) in [6.45, 7) is 4.25. The van der Waals surface area contributed by atoms with E-state index in [1.807, 2.05) is 18.2 Å². The van der Waals surface area contributed by atoms with Crippen LogP contribution in [0.1, 0.15) is 31.4 Å². The first-order valence-electron chi connectivity index (χ1n) is 7.50. The van der Waals surface area contributed by atoms with Gasteiger partial charge in [0.15, 0.2) is 0 Å². The van der Waals surface area contributed by atoms with Gasteiger partial charge in [-0.2, -0.15) is 35.9 Å². The summed E-state index contributed by atoms with van der Waals surface area (Å²) >= 11 is 1.55. The predicted molar refractivity (Wildman–Crippen MR) is 91.4 cm³/mol. The maximum absolute atomic E-state index is 3.30. The molecule has 0 spiro atoms. The van der Waals surface area contributed by atoms with Crippen LogP contribution in [-0.2, 0) is 30.7 Å². The van der Waals surface area contributed by atoms with E-state index in [-0.39, 0.29) is 9.41 Å². The Morgan fingerprint density at radius 3 is 2.25 bits per heavy atom. The Morgan fingerprint density at radius 1 is 1.00 bits per heavy atom. The standard InChI is InChI=1S/C13H9.C5H5.C3H6.2FH.Zr/c1-3-7-12-10(5-1)9-11-6-2-4-8-13(11)12;1-2-4-5-3-1;1-3-2;;;/h1-5,7-8H,9H2;1-3H,4H2;1-2H3;2*1H;/q2*-1;;;;+2/p-2. The molecule has 2 aromatic rings. The molecule has 2 aliphatic carbocycles. The van der Waals surface area contributed by atoms with Gasteiger partial charge in [-0.15, -0.1) is 12.0 Å². The van der Waals surface area contributed by atoms with E-state index >= 15 is 0 Å². The molecule has 0 unspecified atom stereocenters. The maximum atomic E-state index is 3.30. The molecule has 0 bridgehead atoms. The summed E-state index contributed by atoms with van der Waals surface area (Å²) in [6, 6.07) is 18.1. The molecule has 2 aromatic carbocycles. The van der Waals surface area contributed by atoms with Crippen LogP contribution in [0.25, 0.3) is 11.1 Å². The Morgan fingerprint density at radius 2 is 1.67 bits per heavy atom. The van der Waals surface area contributed by atoms with Crippen molar-refractivity contribution >= 4 is 3.21 Å². The van der Waals surface area contributed by atoms with Crippen molar-refractivity contribution in [3.05, 3.63) is 84.0 Å². The summed E-state index contributed by atoms with van der Waals surface area (Å²) in [5.74, 6) is 0. The summed E-state index contributed by atoms with van der Waals surface area (Å²) in [5.41, 5.74) is 5.51. The van der Waals surface area contributed by atoms with Gasteiger partial charge in [0.05, 0.1) is 0 Å². The smallest absolute Gasteiger partial charge is 0.0253 e. The van der Waals surface area contributed by atoms with E-state index in [0.29, 0.717) is 0 Å². The number of benzene rings is 2. The fourth-order valence-corrected chi connectivity index (χ4v) is 2.34. The number of fused-ring (bicyclic) bond motifs is 3. The van der Waals surface area contributed by atoms with E-state index in [1.165, 1.54) is 25.5 Å². The second-order valence-electron chi connectivity index (χ2n) is 5.40. The molecule has 0 aromatic heterocycles. The van der Waals surface area contributed by atoms with Gasteiger partial charge in [-0.1, -0.05) is 35.4 Å². The van der Waals surface area contributed by atoms with Gasteiger partial charge >= 0.3 is 41.3 Å². The number of rotatable bonds is 0. The number of hydrogen-bond acceptors (Lipinski definition) is 0. The van der Waals surface area contributed by atoms with Gasteiger partial charge in [0.2, 0.25) is 0 Å². The zero-order valence-corrected chi connectivity index (χ0v) is 16.4. The van der Waals surface area contributed by atoms with Crippen molar-refractivity contribution in [1.82, 2.24) is 0 Å². The van der Waals surface area contributed by atoms with E-state index in [2.05, 4.69) is 68.5 Å². The summed E-state index contributed by atoms with van der Waals surface area (Å²) in [4.78, 5) is 0. The van der Waals surface area contributed by atoms with Crippen molar-refractivity contribution in [2.75, 3.05) is 0 Å². The molecule has 2 aliphatic rings. The van der Waals surface area contributed by atoms with Crippen molar-refractivity contribution in [2.24, 2.45) is 0 Å². The summed E-state index contributed by atoms with van der Waals surface area (Å²) in [5, 5.41) is 0. The summed E-state index contributed by atoms with van der Waals surface area (Å²) in [7, 11) is 0. The molecule has 0 amide bonds. The van der Waals surface area contributed by atoms with Crippen molar-refractivity contribution in [2.45, 2.75) is 26.7 Å². The fourth-order valence-electron chi connectivity index (χ4n) is 2.34. The summed E-state index contributed by atoms with van der Waals surface area (Å²) in [6.07, 6.45) is 11.0. The molecule has 0 radical (unpaired) electrons. The van der Waals surface area contributed by atoms with Gasteiger partial charge in [-0.25, -0.2) is 12.2 Å². The third kappa shape index (κ3) is 6.97. The van der Waals surface area contributed by atoms with Gasteiger partial charge in [0.1, 0.15) is 0 Å². The Balaban J connectivity index is 0.000000409. The van der Waals surface area contributed by atoms with Crippen molar-refractivity contribution in [1.29, 1.82) is 0 Å². The number of hydrogen-bond donors (Lipinski definition) is 0. The van der Waals surface area contributed by atoms with Crippen LogP contribution >= 0.6 is 0 Å². The molecule has 24 heavy (non-hydrogen) atoms. The average Bonchev–Trinajstić information content (AvgIpc) is 3.18. The SMILES string of the molecule is C[C](C)=[Zr+2].[C-]1=CC=CC1.[F-].[F-].[c-]1cccc2c1Cc1ccccc1-2. The zero-order chi connectivity index (χ0) is 15.8. The molecule has 0 heterocycles. The molecule has 0 fully saturated rings. The van der Waals surface area contributed by atoms with Crippen LogP contribution in [0.2, 0.25) is 0 Å². The van der Waals surface area contributed by atoms with E-state index < -0.39 is 0 Å². The zero-order valence-electron chi connectivity index (χ0n) is 13.9. The van der Waals surface area contributed by atoms with E-state index in [0.717, 1.165) is 12.8 Å². The molecule has 0 aliphatic heterocycles. The molecule has 124 valence electrons. The quantitative estimate of drug-likeness (QED) is 0.429. The third-order valence-electron chi connectivity index (χ3n) is 3.20. The van der Waals surface area contributed by atoms with Crippen molar-refractivity contribution in [3.63, 3.8) is 0 Å². The Kier molecular flexibility index (Phi) is 11.2. The third-order valence-corrected chi connectivity index (χ3v) is 3.20. The van der Waals surface area contributed by atoms with Gasteiger partial charge in [0, 0.05) is 0 Å². The van der Waals surface area contributed by atoms with Crippen LogP contribution in [-0.4, -0.2) is 3.21 Å². The van der Waals surface area contributed by atoms with Gasteiger partial charge in [-0.3, -0.25) is 6.08 Å². The first-order valence-corrected chi connectivity index (χ1v) is 8.72. The van der Waals surface area contributed by atoms with Crippen LogP contribution in [0.5, 0.6) is 0 Å². The molecule has 0 saturated carbocycles. The Labute approximate surface area is 158 Å². The molecular formula is C21H20F2Zr-2. The number of halogens is 2. The normalized spacial score (nSPS) is 11.5. The minimum atomic E-state index is 0. The molecule has 3 heteroatoms. The minimum absolute atomic E-state index is 0. The van der Waals surface area contributed by atoms with Crippen LogP contribution in [0.15, 0.2) is 60.7 Å². The molecule has 0 saturated heterocycles. The topological polar surface area (TPSA) is 0 Å². The maximum Gasteiger partial charge on any atom is -0.0253 e. The fraction of sp³-hybridized carbons (Fsp3) is 0.190. The second kappa shape index (κ2) is 12.0. The second-order valence-corrected chi connectivity index (χ2v) is 7.86. The van der Waals surface area contributed by atoms with Crippen molar-refractivity contribution < 1.29 is 33.6 Å². The molecule has 0 N–H and O–H groups in total. The van der Waals surface area contributed by atoms with Crippen LogP contribution in [0.3, 0.4) is 0 Å². The average molecular weight is 402 g/mol. The van der Waals surface area contributed by atoms with Crippen LogP contribution in [0.4, 0.5) is 0 Å². The number of allylic oxidation sites excluding steroid dienone is 4. The summed E-state index contributed by atoms with van der Waals surface area (Å²) < 4.78 is 1.51. The van der Waals surface area contributed by atoms with Crippen molar-refractivity contribution in [3.8, 4) is 11.1 Å². The Bertz CT molecular complexity index is 645. The van der Waals surface area contributed by atoms with Gasteiger partial charge in [0.25, 0.3) is 0 Å². The molecular weight excluding hydrogens is 381 g/mol. The molecule has 0 atom stereocenters. The van der Waals surface area contributed by atoms with Gasteiger partial charge in [-0.05, 0) is 6.42 Å². The first-order chi connectivity index (χ1) is 10.7. The largest absolute Gasteiger partial charge is 1.00 e. The monoisotopic (exact) mass is 400 g/mol. The first kappa shape index (κ1) is 22.5. The Hall–Kier alpha value is -1.47. The van der Waals surface area contributed by atoms with E-state index in [1.54, 1.807) is 24.2 Å². The van der Waals surface area contributed by atoms with E-state index in [9.17, 15) is 0 Å². The predicted octanol–water partition coefficient (Wildman–Crippen LogP) is -0.883. The van der Waals surface area contributed by atoms with Crippen LogP contribution < -0.4 is 9.41 Å². The molecule has 4 rings (SSSR count). The van der Waals surface area contributed by atoms with E-state index in [4.69, 9.17) is 0 Å². The minimum Gasteiger partial charge on any atom is -1.00 e. The van der Waals surface area contributed by atoms with Gasteiger partial charge < -0.3 is 9.41 Å².